The molecule has 0 spiro atoms. The summed E-state index contributed by atoms with van der Waals surface area (Å²) in [6.07, 6.45) is 0.0302. The highest BCUT2D eigenvalue weighted by Crippen LogP contribution is 2.47. The highest BCUT2D eigenvalue weighted by molar-refractivity contribution is 5.97. The third-order valence-electron chi connectivity index (χ3n) is 4.90. The predicted molar refractivity (Wildman–Crippen MR) is 103 cm³/mol. The molecule has 0 bridgehead atoms. The number of amides is 1. The van der Waals surface area contributed by atoms with Crippen molar-refractivity contribution in [3.8, 4) is 0 Å². The van der Waals surface area contributed by atoms with Gasteiger partial charge in [-0.15, -0.1) is 0 Å². The molecule has 1 saturated heterocycles. The van der Waals surface area contributed by atoms with Crippen molar-refractivity contribution >= 4 is 17.6 Å². The van der Waals surface area contributed by atoms with E-state index >= 15 is 0 Å². The first kappa shape index (κ1) is 17.0. The second kappa shape index (κ2) is 7.08. The van der Waals surface area contributed by atoms with E-state index in [4.69, 9.17) is 4.74 Å². The van der Waals surface area contributed by atoms with Crippen molar-refractivity contribution in [3.63, 3.8) is 0 Å². The van der Waals surface area contributed by atoms with E-state index in [0.717, 1.165) is 11.1 Å². The van der Waals surface area contributed by atoms with Gasteiger partial charge >= 0.3 is 5.97 Å². The highest BCUT2D eigenvalue weighted by atomic mass is 16.6. The molecule has 4 rings (SSSR count). The number of anilines is 1. The van der Waals surface area contributed by atoms with E-state index in [9.17, 15) is 9.59 Å². The molecule has 1 heterocycles. The summed E-state index contributed by atoms with van der Waals surface area (Å²) in [7, 11) is 0. The van der Waals surface area contributed by atoms with Crippen LogP contribution in [-0.2, 0) is 19.9 Å². The molecule has 1 unspecified atom stereocenters. The lowest BCUT2D eigenvalue weighted by atomic mass is 9.75. The minimum atomic E-state index is -1.14. The second-order valence-electron chi connectivity index (χ2n) is 6.55. The zero-order valence-electron chi connectivity index (χ0n) is 14.7. The molecule has 1 N–H and O–H groups in total. The monoisotopic (exact) mass is 357 g/mol. The van der Waals surface area contributed by atoms with Crippen molar-refractivity contribution in [1.82, 2.24) is 0 Å². The van der Waals surface area contributed by atoms with Crippen LogP contribution in [0.2, 0.25) is 0 Å². The molecule has 1 aliphatic heterocycles. The minimum Gasteiger partial charge on any atom is -0.448 e. The van der Waals surface area contributed by atoms with Crippen molar-refractivity contribution in [2.75, 3.05) is 5.32 Å². The molecule has 0 aromatic heterocycles. The van der Waals surface area contributed by atoms with Gasteiger partial charge in [0.05, 0.1) is 12.3 Å². The van der Waals surface area contributed by atoms with Crippen LogP contribution in [0.4, 0.5) is 5.69 Å². The van der Waals surface area contributed by atoms with Gasteiger partial charge in [0, 0.05) is 16.8 Å². The number of hydrogen-bond acceptors (Lipinski definition) is 3. The number of carbonyl (C=O) groups excluding carboxylic acids is 2. The van der Waals surface area contributed by atoms with Crippen LogP contribution in [0, 0.1) is 5.92 Å². The summed E-state index contributed by atoms with van der Waals surface area (Å²) < 4.78 is 5.89. The summed E-state index contributed by atoms with van der Waals surface area (Å²) in [5.74, 6) is -1.29. The van der Waals surface area contributed by atoms with Gasteiger partial charge in [0.2, 0.25) is 5.91 Å². The zero-order valence-corrected chi connectivity index (χ0v) is 14.7. The highest BCUT2D eigenvalue weighted by Gasteiger charge is 2.55. The van der Waals surface area contributed by atoms with Crippen molar-refractivity contribution in [1.29, 1.82) is 0 Å². The van der Waals surface area contributed by atoms with E-state index in [1.807, 2.05) is 91.0 Å². The minimum absolute atomic E-state index is 0.0302. The Hall–Kier alpha value is -3.40. The van der Waals surface area contributed by atoms with E-state index in [1.165, 1.54) is 0 Å². The van der Waals surface area contributed by atoms with Gasteiger partial charge < -0.3 is 10.1 Å². The van der Waals surface area contributed by atoms with Crippen LogP contribution in [0.5, 0.6) is 0 Å². The molecule has 134 valence electrons. The predicted octanol–water partition coefficient (Wildman–Crippen LogP) is 4.13. The van der Waals surface area contributed by atoms with Gasteiger partial charge in [0.15, 0.2) is 5.60 Å². The summed E-state index contributed by atoms with van der Waals surface area (Å²) in [6, 6.07) is 28.2. The quantitative estimate of drug-likeness (QED) is 0.714. The molecule has 4 heteroatoms. The molecule has 3 aromatic rings. The van der Waals surface area contributed by atoms with E-state index in [-0.39, 0.29) is 18.3 Å². The van der Waals surface area contributed by atoms with Gasteiger partial charge in [-0.2, -0.15) is 0 Å². The molecule has 1 fully saturated rings. The first-order chi connectivity index (χ1) is 13.2. The molecule has 1 atom stereocenters. The summed E-state index contributed by atoms with van der Waals surface area (Å²) in [5, 5.41) is 2.93. The van der Waals surface area contributed by atoms with Crippen molar-refractivity contribution in [2.45, 2.75) is 12.0 Å². The molecular weight excluding hydrogens is 338 g/mol. The Balaban J connectivity index is 1.81. The van der Waals surface area contributed by atoms with Gasteiger partial charge in [-0.05, 0) is 12.1 Å². The Morgan fingerprint density at radius 1 is 0.815 bits per heavy atom. The van der Waals surface area contributed by atoms with Gasteiger partial charge in [-0.1, -0.05) is 78.9 Å². The van der Waals surface area contributed by atoms with E-state index < -0.39 is 11.5 Å². The maximum Gasteiger partial charge on any atom is 0.308 e. The number of nitrogens with one attached hydrogen (secondary N) is 1. The Morgan fingerprint density at radius 2 is 1.30 bits per heavy atom. The lowest BCUT2D eigenvalue weighted by Crippen LogP contribution is -2.40. The Labute approximate surface area is 157 Å². The molecule has 27 heavy (non-hydrogen) atoms. The zero-order chi connectivity index (χ0) is 18.7. The maximum atomic E-state index is 13.2. The van der Waals surface area contributed by atoms with Gasteiger partial charge in [-0.25, -0.2) is 0 Å². The van der Waals surface area contributed by atoms with Crippen LogP contribution in [0.15, 0.2) is 91.0 Å². The molecule has 0 aliphatic carbocycles. The Bertz CT molecular complexity index is 900. The van der Waals surface area contributed by atoms with Crippen LogP contribution < -0.4 is 5.32 Å². The average molecular weight is 357 g/mol. The number of cyclic esters (lactones) is 1. The van der Waals surface area contributed by atoms with E-state index in [2.05, 4.69) is 5.32 Å². The van der Waals surface area contributed by atoms with Crippen molar-refractivity contribution < 1.29 is 14.3 Å². The molecule has 3 aromatic carbocycles. The van der Waals surface area contributed by atoms with Gasteiger partial charge in [0.1, 0.15) is 0 Å². The van der Waals surface area contributed by atoms with Gasteiger partial charge in [-0.3, -0.25) is 9.59 Å². The number of benzene rings is 3. The van der Waals surface area contributed by atoms with Crippen molar-refractivity contribution in [3.05, 3.63) is 102 Å². The van der Waals surface area contributed by atoms with E-state index in [0.29, 0.717) is 5.69 Å². The van der Waals surface area contributed by atoms with Gasteiger partial charge in [0.25, 0.3) is 0 Å². The number of para-hydroxylation sites is 1. The molecular formula is C23H19NO3. The van der Waals surface area contributed by atoms with Crippen LogP contribution in [0.25, 0.3) is 0 Å². The van der Waals surface area contributed by atoms with E-state index in [1.54, 1.807) is 0 Å². The molecule has 4 nitrogen and oxygen atoms in total. The summed E-state index contributed by atoms with van der Waals surface area (Å²) in [5.41, 5.74) is 1.13. The fourth-order valence-corrected chi connectivity index (χ4v) is 3.69. The normalized spacial score (nSPS) is 17.9. The summed E-state index contributed by atoms with van der Waals surface area (Å²) in [4.78, 5) is 25.5. The lowest BCUT2D eigenvalue weighted by molar-refractivity contribution is -0.147. The topological polar surface area (TPSA) is 55.4 Å². The summed E-state index contributed by atoms with van der Waals surface area (Å²) >= 11 is 0. The molecule has 1 aliphatic rings. The first-order valence-electron chi connectivity index (χ1n) is 8.89. The number of carbonyl (C=O) groups is 2. The standard InChI is InChI=1S/C23H19NO3/c25-21-16-20(22(26)24-19-14-8-3-9-15-19)23(27-21,17-10-4-1-5-11-17)18-12-6-2-7-13-18/h1-15,20H,16H2,(H,24,26). The number of hydrogen-bond donors (Lipinski definition) is 1. The van der Waals surface area contributed by atoms with Crippen LogP contribution >= 0.6 is 0 Å². The number of rotatable bonds is 4. The Kier molecular flexibility index (Phi) is 4.47. The molecule has 1 amide bonds. The lowest BCUT2D eigenvalue weighted by Gasteiger charge is -2.34. The first-order valence-corrected chi connectivity index (χ1v) is 8.89. The fourth-order valence-electron chi connectivity index (χ4n) is 3.69. The fraction of sp³-hybridized carbons (Fsp3) is 0.130. The van der Waals surface area contributed by atoms with Crippen LogP contribution in [-0.4, -0.2) is 11.9 Å². The largest absolute Gasteiger partial charge is 0.448 e. The van der Waals surface area contributed by atoms with Crippen LogP contribution in [0.3, 0.4) is 0 Å². The second-order valence-corrected chi connectivity index (χ2v) is 6.55. The SMILES string of the molecule is O=C1CC(C(=O)Nc2ccccc2)C(c2ccccc2)(c2ccccc2)O1. The number of esters is 1. The third-order valence-corrected chi connectivity index (χ3v) is 4.90. The smallest absolute Gasteiger partial charge is 0.308 e. The summed E-state index contributed by atoms with van der Waals surface area (Å²) in [6.45, 7) is 0. The maximum absolute atomic E-state index is 13.2. The van der Waals surface area contributed by atoms with Crippen molar-refractivity contribution in [2.24, 2.45) is 5.92 Å². The molecule has 0 saturated carbocycles. The average Bonchev–Trinajstić information content (AvgIpc) is 3.09. The Morgan fingerprint density at radius 3 is 1.81 bits per heavy atom. The molecule has 0 radical (unpaired) electrons. The van der Waals surface area contributed by atoms with Crippen LogP contribution in [0.1, 0.15) is 17.5 Å². The number of ether oxygens (including phenoxy) is 1. The third kappa shape index (κ3) is 3.10.